The molecule has 1 amide bonds. The number of hydrogen-bond donors (Lipinski definition) is 1. The summed E-state index contributed by atoms with van der Waals surface area (Å²) in [5.74, 6) is -0.145. The molecule has 0 saturated heterocycles. The zero-order valence-corrected chi connectivity index (χ0v) is 8.96. The van der Waals surface area contributed by atoms with Crippen LogP contribution in [0.4, 0.5) is 10.5 Å². The second kappa shape index (κ2) is 5.27. The number of rotatable bonds is 2. The first kappa shape index (κ1) is 11.3. The quantitative estimate of drug-likeness (QED) is 0.844. The lowest BCUT2D eigenvalue weighted by atomic mass is 10.3. The van der Waals surface area contributed by atoms with Gasteiger partial charge in [0.15, 0.2) is 5.78 Å². The number of nitrogens with one attached hydrogen (secondary N) is 1. The summed E-state index contributed by atoms with van der Waals surface area (Å²) in [6.07, 6.45) is 1.30. The highest BCUT2D eigenvalue weighted by Crippen LogP contribution is 2.08. The molecule has 0 spiro atoms. The zero-order chi connectivity index (χ0) is 12.1. The van der Waals surface area contributed by atoms with Crippen LogP contribution in [-0.4, -0.2) is 24.8 Å². The minimum absolute atomic E-state index is 0.0697. The lowest BCUT2D eigenvalue weighted by Gasteiger charge is -2.17. The van der Waals surface area contributed by atoms with Crippen LogP contribution in [0.25, 0.3) is 0 Å². The average molecular weight is 233 g/mol. The summed E-state index contributed by atoms with van der Waals surface area (Å²) in [5, 5.41) is 2.54. The molecule has 5 heteroatoms. The van der Waals surface area contributed by atoms with Crippen LogP contribution in [0.3, 0.4) is 0 Å². The molecular weight excluding hydrogens is 222 g/mol. The Labute approximate surface area is 98.0 Å². The van der Waals surface area contributed by atoms with Crippen molar-refractivity contribution >= 4 is 17.6 Å². The number of anilines is 1. The summed E-state index contributed by atoms with van der Waals surface area (Å²) in [5.41, 5.74) is 0.633. The van der Waals surface area contributed by atoms with Crippen LogP contribution in [-0.2, 0) is 14.3 Å². The Kier molecular flexibility index (Phi) is 3.52. The number of ketones is 1. The lowest BCUT2D eigenvalue weighted by Crippen LogP contribution is -2.28. The number of para-hydroxylation sites is 1. The largest absolute Gasteiger partial charge is 0.416 e. The number of amides is 1. The second-order valence-corrected chi connectivity index (χ2v) is 3.40. The minimum Gasteiger partial charge on any atom is -0.416 e. The molecule has 5 nitrogen and oxygen atoms in total. The molecule has 0 radical (unpaired) electrons. The molecule has 1 unspecified atom stereocenters. The smallest absolute Gasteiger partial charge is 0.414 e. The van der Waals surface area contributed by atoms with Gasteiger partial charge in [0.25, 0.3) is 0 Å². The molecule has 1 heterocycles. The molecule has 2 rings (SSSR count). The number of benzene rings is 1. The van der Waals surface area contributed by atoms with Crippen LogP contribution < -0.4 is 5.32 Å². The number of ether oxygens (including phenoxy) is 2. The SMILES string of the molecule is O=C1C=CC(OC(=O)Nc2ccccc2)OC1. The van der Waals surface area contributed by atoms with Gasteiger partial charge in [0.05, 0.1) is 0 Å². The van der Waals surface area contributed by atoms with Gasteiger partial charge in [0.1, 0.15) is 6.61 Å². The summed E-state index contributed by atoms with van der Waals surface area (Å²) in [4.78, 5) is 22.2. The molecule has 88 valence electrons. The van der Waals surface area contributed by atoms with Crippen LogP contribution in [0.1, 0.15) is 0 Å². The van der Waals surface area contributed by atoms with Crippen molar-refractivity contribution in [2.45, 2.75) is 6.29 Å². The third-order valence-electron chi connectivity index (χ3n) is 2.07. The molecular formula is C12H11NO4. The van der Waals surface area contributed by atoms with E-state index in [1.54, 1.807) is 24.3 Å². The normalized spacial score (nSPS) is 18.8. The Balaban J connectivity index is 1.86. The van der Waals surface area contributed by atoms with Crippen molar-refractivity contribution < 1.29 is 19.1 Å². The highest BCUT2D eigenvalue weighted by molar-refractivity contribution is 5.91. The van der Waals surface area contributed by atoms with Gasteiger partial charge in [-0.15, -0.1) is 0 Å². The van der Waals surface area contributed by atoms with Gasteiger partial charge in [-0.25, -0.2) is 4.79 Å². The Hall–Kier alpha value is -2.14. The van der Waals surface area contributed by atoms with E-state index in [0.717, 1.165) is 0 Å². The Morgan fingerprint density at radius 1 is 1.35 bits per heavy atom. The molecule has 0 saturated carbocycles. The summed E-state index contributed by atoms with van der Waals surface area (Å²) in [6, 6.07) is 8.91. The maximum absolute atomic E-state index is 11.4. The van der Waals surface area contributed by atoms with Crippen molar-refractivity contribution in [3.8, 4) is 0 Å². The van der Waals surface area contributed by atoms with Crippen molar-refractivity contribution in [3.63, 3.8) is 0 Å². The molecule has 0 aromatic heterocycles. The van der Waals surface area contributed by atoms with Crippen molar-refractivity contribution in [3.05, 3.63) is 42.5 Å². The van der Waals surface area contributed by atoms with Crippen LogP contribution in [0.2, 0.25) is 0 Å². The highest BCUT2D eigenvalue weighted by atomic mass is 16.7. The minimum atomic E-state index is -0.809. The van der Waals surface area contributed by atoms with Gasteiger partial charge in [-0.2, -0.15) is 0 Å². The van der Waals surface area contributed by atoms with E-state index < -0.39 is 12.4 Å². The van der Waals surface area contributed by atoms with Gasteiger partial charge in [0.2, 0.25) is 6.29 Å². The Morgan fingerprint density at radius 2 is 2.12 bits per heavy atom. The van der Waals surface area contributed by atoms with E-state index in [2.05, 4.69) is 5.32 Å². The predicted octanol–water partition coefficient (Wildman–Crippen LogP) is 1.72. The first-order valence-corrected chi connectivity index (χ1v) is 5.09. The molecule has 1 aromatic carbocycles. The van der Waals surface area contributed by atoms with Crippen LogP contribution in [0.5, 0.6) is 0 Å². The summed E-state index contributed by atoms with van der Waals surface area (Å²) in [7, 11) is 0. The molecule has 0 aliphatic carbocycles. The topological polar surface area (TPSA) is 64.6 Å². The molecule has 1 N–H and O–H groups in total. The van der Waals surface area contributed by atoms with E-state index in [0.29, 0.717) is 5.69 Å². The summed E-state index contributed by atoms with van der Waals surface area (Å²) in [6.45, 7) is -0.0697. The molecule has 0 bridgehead atoms. The Bertz CT molecular complexity index is 441. The summed E-state index contributed by atoms with van der Waals surface area (Å²) >= 11 is 0. The standard InChI is InChI=1S/C12H11NO4/c14-10-6-7-11(16-8-10)17-12(15)13-9-4-2-1-3-5-9/h1-7,11H,8H2,(H,13,15). The first-order valence-electron chi connectivity index (χ1n) is 5.09. The van der Waals surface area contributed by atoms with Gasteiger partial charge in [-0.3, -0.25) is 10.1 Å². The van der Waals surface area contributed by atoms with Gasteiger partial charge in [-0.05, 0) is 24.3 Å². The van der Waals surface area contributed by atoms with E-state index in [1.807, 2.05) is 6.07 Å². The van der Waals surface area contributed by atoms with Crippen LogP contribution in [0.15, 0.2) is 42.5 Å². The van der Waals surface area contributed by atoms with Crippen molar-refractivity contribution in [1.29, 1.82) is 0 Å². The second-order valence-electron chi connectivity index (χ2n) is 3.40. The molecule has 1 aliphatic rings. The molecule has 1 aromatic rings. The first-order chi connectivity index (χ1) is 8.24. The molecule has 0 fully saturated rings. The molecule has 17 heavy (non-hydrogen) atoms. The zero-order valence-electron chi connectivity index (χ0n) is 8.96. The van der Waals surface area contributed by atoms with Crippen molar-refractivity contribution in [1.82, 2.24) is 0 Å². The van der Waals surface area contributed by atoms with Crippen molar-refractivity contribution in [2.24, 2.45) is 0 Å². The number of carbonyl (C=O) groups is 2. The molecule has 1 atom stereocenters. The third kappa shape index (κ3) is 3.42. The van der Waals surface area contributed by atoms with Crippen LogP contribution in [0, 0.1) is 0 Å². The van der Waals surface area contributed by atoms with E-state index >= 15 is 0 Å². The van der Waals surface area contributed by atoms with Gasteiger partial charge >= 0.3 is 6.09 Å². The van der Waals surface area contributed by atoms with E-state index in [1.165, 1.54) is 12.2 Å². The third-order valence-corrected chi connectivity index (χ3v) is 2.07. The van der Waals surface area contributed by atoms with E-state index in [4.69, 9.17) is 9.47 Å². The molecule has 1 aliphatic heterocycles. The maximum Gasteiger partial charge on any atom is 0.414 e. The highest BCUT2D eigenvalue weighted by Gasteiger charge is 2.17. The fourth-order valence-electron chi connectivity index (χ4n) is 1.30. The Morgan fingerprint density at radius 3 is 2.76 bits per heavy atom. The predicted molar refractivity (Wildman–Crippen MR) is 60.4 cm³/mol. The van der Waals surface area contributed by atoms with Gasteiger partial charge in [-0.1, -0.05) is 18.2 Å². The van der Waals surface area contributed by atoms with Crippen LogP contribution >= 0.6 is 0 Å². The maximum atomic E-state index is 11.4. The number of carbonyl (C=O) groups excluding carboxylic acids is 2. The van der Waals surface area contributed by atoms with Gasteiger partial charge < -0.3 is 9.47 Å². The van der Waals surface area contributed by atoms with E-state index in [-0.39, 0.29) is 12.4 Å². The fraction of sp³-hybridized carbons (Fsp3) is 0.167. The van der Waals surface area contributed by atoms with Gasteiger partial charge in [0, 0.05) is 5.69 Å². The monoisotopic (exact) mass is 233 g/mol. The van der Waals surface area contributed by atoms with E-state index in [9.17, 15) is 9.59 Å². The fourth-order valence-corrected chi connectivity index (χ4v) is 1.30. The summed E-state index contributed by atoms with van der Waals surface area (Å²) < 4.78 is 9.91. The lowest BCUT2D eigenvalue weighted by molar-refractivity contribution is -0.131. The number of hydrogen-bond acceptors (Lipinski definition) is 4. The van der Waals surface area contributed by atoms with Crippen molar-refractivity contribution in [2.75, 3.05) is 11.9 Å². The average Bonchev–Trinajstić information content (AvgIpc) is 2.33.